The number of amides is 1. The number of likely N-dealkylation sites (tertiary alicyclic amines) is 1. The molecular formula is C19H24N2O3. The maximum atomic E-state index is 12.2. The van der Waals surface area contributed by atoms with E-state index in [1.807, 2.05) is 37.3 Å². The Bertz CT molecular complexity index is 704. The van der Waals surface area contributed by atoms with Gasteiger partial charge in [-0.05, 0) is 25.5 Å². The third-order valence-corrected chi connectivity index (χ3v) is 4.55. The molecule has 0 bridgehead atoms. The number of nitrogens with zero attached hydrogens (tertiary/aromatic N) is 2. The summed E-state index contributed by atoms with van der Waals surface area (Å²) in [6.45, 7) is 3.96. The number of pyridine rings is 1. The molecule has 1 aliphatic heterocycles. The summed E-state index contributed by atoms with van der Waals surface area (Å²) in [6, 6.07) is 12.1. The molecule has 2 heterocycles. The highest BCUT2D eigenvalue weighted by Gasteiger charge is 2.33. The SMILES string of the molecule is CCOCCC(=O)N1C[C@@H](Cc2ccc3ccccc3n2)[C@H](O)C1. The first-order chi connectivity index (χ1) is 11.7. The van der Waals surface area contributed by atoms with Crippen LogP contribution in [-0.4, -0.2) is 53.3 Å². The van der Waals surface area contributed by atoms with E-state index in [0.29, 0.717) is 39.1 Å². The highest BCUT2D eigenvalue weighted by atomic mass is 16.5. The zero-order valence-electron chi connectivity index (χ0n) is 14.0. The summed E-state index contributed by atoms with van der Waals surface area (Å²) >= 11 is 0. The van der Waals surface area contributed by atoms with Crippen molar-refractivity contribution in [2.24, 2.45) is 5.92 Å². The summed E-state index contributed by atoms with van der Waals surface area (Å²) in [5, 5.41) is 11.4. The lowest BCUT2D eigenvalue weighted by molar-refractivity contribution is -0.131. The molecule has 1 N–H and O–H groups in total. The normalized spacial score (nSPS) is 20.7. The van der Waals surface area contributed by atoms with E-state index < -0.39 is 6.10 Å². The molecule has 3 rings (SSSR count). The zero-order chi connectivity index (χ0) is 16.9. The van der Waals surface area contributed by atoms with Crippen LogP contribution in [0.1, 0.15) is 19.0 Å². The molecule has 1 amide bonds. The Morgan fingerprint density at radius 2 is 2.12 bits per heavy atom. The largest absolute Gasteiger partial charge is 0.391 e. The Hall–Kier alpha value is -1.98. The van der Waals surface area contributed by atoms with Crippen molar-refractivity contribution in [3.8, 4) is 0 Å². The minimum Gasteiger partial charge on any atom is -0.391 e. The Morgan fingerprint density at radius 3 is 2.96 bits per heavy atom. The smallest absolute Gasteiger partial charge is 0.224 e. The fraction of sp³-hybridized carbons (Fsp3) is 0.474. The number of carbonyl (C=O) groups excluding carboxylic acids is 1. The van der Waals surface area contributed by atoms with Gasteiger partial charge in [-0.25, -0.2) is 0 Å². The molecule has 2 aromatic rings. The Kier molecular flexibility index (Phi) is 5.43. The van der Waals surface area contributed by atoms with Crippen molar-refractivity contribution in [3.05, 3.63) is 42.1 Å². The summed E-state index contributed by atoms with van der Waals surface area (Å²) in [5.74, 6) is 0.0891. The van der Waals surface area contributed by atoms with Gasteiger partial charge in [0.05, 0.1) is 24.6 Å². The lowest BCUT2D eigenvalue weighted by atomic mass is 9.99. The maximum absolute atomic E-state index is 12.2. The van der Waals surface area contributed by atoms with E-state index in [9.17, 15) is 9.90 Å². The van der Waals surface area contributed by atoms with E-state index in [1.54, 1.807) is 4.90 Å². The van der Waals surface area contributed by atoms with Crippen LogP contribution in [0.2, 0.25) is 0 Å². The van der Waals surface area contributed by atoms with Crippen LogP contribution in [-0.2, 0) is 16.0 Å². The zero-order valence-corrected chi connectivity index (χ0v) is 14.0. The van der Waals surface area contributed by atoms with Crippen LogP contribution >= 0.6 is 0 Å². The standard InChI is InChI=1S/C19H24N2O3/c1-2-24-10-9-19(23)21-12-15(18(22)13-21)11-16-8-7-14-5-3-4-6-17(14)20-16/h3-8,15,18,22H,2,9-13H2,1H3/t15-,18-/m1/s1. The van der Waals surface area contributed by atoms with Crippen LogP contribution in [0.5, 0.6) is 0 Å². The average molecular weight is 328 g/mol. The molecule has 1 aromatic carbocycles. The van der Waals surface area contributed by atoms with Crippen LogP contribution < -0.4 is 0 Å². The molecule has 0 saturated carbocycles. The number of para-hydroxylation sites is 1. The fourth-order valence-corrected chi connectivity index (χ4v) is 3.21. The average Bonchev–Trinajstić information content (AvgIpc) is 2.96. The highest BCUT2D eigenvalue weighted by Crippen LogP contribution is 2.22. The molecule has 1 fully saturated rings. The van der Waals surface area contributed by atoms with Gasteiger partial charge in [-0.2, -0.15) is 0 Å². The second-order valence-corrected chi connectivity index (χ2v) is 6.27. The van der Waals surface area contributed by atoms with Crippen LogP contribution in [0, 0.1) is 5.92 Å². The number of hydrogen-bond donors (Lipinski definition) is 1. The van der Waals surface area contributed by atoms with Crippen molar-refractivity contribution in [1.82, 2.24) is 9.88 Å². The molecule has 1 aliphatic rings. The molecule has 1 aromatic heterocycles. The van der Waals surface area contributed by atoms with Crippen molar-refractivity contribution in [2.45, 2.75) is 25.9 Å². The summed E-state index contributed by atoms with van der Waals surface area (Å²) < 4.78 is 5.23. The Morgan fingerprint density at radius 1 is 1.29 bits per heavy atom. The molecular weight excluding hydrogens is 304 g/mol. The molecule has 0 spiro atoms. The number of aliphatic hydroxyl groups excluding tert-OH is 1. The number of ether oxygens (including phenoxy) is 1. The van der Waals surface area contributed by atoms with Gasteiger partial charge in [-0.15, -0.1) is 0 Å². The van der Waals surface area contributed by atoms with Gasteiger partial charge in [0.1, 0.15) is 0 Å². The lowest BCUT2D eigenvalue weighted by Crippen LogP contribution is -2.30. The Balaban J connectivity index is 1.61. The second kappa shape index (κ2) is 7.73. The molecule has 1 saturated heterocycles. The van der Waals surface area contributed by atoms with E-state index in [2.05, 4.69) is 11.1 Å². The van der Waals surface area contributed by atoms with E-state index in [4.69, 9.17) is 4.74 Å². The monoisotopic (exact) mass is 328 g/mol. The highest BCUT2D eigenvalue weighted by molar-refractivity contribution is 5.78. The van der Waals surface area contributed by atoms with Crippen LogP contribution in [0.4, 0.5) is 0 Å². The minimum absolute atomic E-state index is 0.0368. The van der Waals surface area contributed by atoms with Gasteiger partial charge in [-0.1, -0.05) is 24.3 Å². The van der Waals surface area contributed by atoms with E-state index in [-0.39, 0.29) is 11.8 Å². The summed E-state index contributed by atoms with van der Waals surface area (Å²) in [6.07, 6.45) is 0.567. The fourth-order valence-electron chi connectivity index (χ4n) is 3.21. The first kappa shape index (κ1) is 16.9. The van der Waals surface area contributed by atoms with Gasteiger partial charge >= 0.3 is 0 Å². The molecule has 24 heavy (non-hydrogen) atoms. The van der Waals surface area contributed by atoms with Crippen molar-refractivity contribution in [1.29, 1.82) is 0 Å². The third-order valence-electron chi connectivity index (χ3n) is 4.55. The molecule has 5 nitrogen and oxygen atoms in total. The van der Waals surface area contributed by atoms with Gasteiger partial charge in [0.2, 0.25) is 5.91 Å². The van der Waals surface area contributed by atoms with Gasteiger partial charge in [0, 0.05) is 36.7 Å². The number of rotatable bonds is 6. The number of benzene rings is 1. The minimum atomic E-state index is -0.491. The number of carbonyl (C=O) groups is 1. The number of aromatic nitrogens is 1. The van der Waals surface area contributed by atoms with E-state index in [0.717, 1.165) is 16.6 Å². The molecule has 0 unspecified atom stereocenters. The molecule has 0 aliphatic carbocycles. The number of fused-ring (bicyclic) bond motifs is 1. The lowest BCUT2D eigenvalue weighted by Gasteiger charge is -2.16. The molecule has 5 heteroatoms. The quantitative estimate of drug-likeness (QED) is 0.824. The van der Waals surface area contributed by atoms with Crippen molar-refractivity contribution in [2.75, 3.05) is 26.3 Å². The molecule has 0 radical (unpaired) electrons. The predicted molar refractivity (Wildman–Crippen MR) is 92.6 cm³/mol. The molecule has 128 valence electrons. The first-order valence-corrected chi connectivity index (χ1v) is 8.55. The van der Waals surface area contributed by atoms with Crippen molar-refractivity contribution < 1.29 is 14.6 Å². The van der Waals surface area contributed by atoms with Crippen molar-refractivity contribution >= 4 is 16.8 Å². The van der Waals surface area contributed by atoms with Gasteiger partial charge in [0.15, 0.2) is 0 Å². The number of β-amino-alcohol motifs (C(OH)–C–C–N with tert-alkyl or cyclic N) is 1. The number of aliphatic hydroxyl groups is 1. The van der Waals surface area contributed by atoms with Gasteiger partial charge in [0.25, 0.3) is 0 Å². The maximum Gasteiger partial charge on any atom is 0.224 e. The molecule has 2 atom stereocenters. The summed E-state index contributed by atoms with van der Waals surface area (Å²) in [7, 11) is 0. The van der Waals surface area contributed by atoms with Crippen LogP contribution in [0.15, 0.2) is 36.4 Å². The van der Waals surface area contributed by atoms with Crippen LogP contribution in [0.25, 0.3) is 10.9 Å². The second-order valence-electron chi connectivity index (χ2n) is 6.27. The number of hydrogen-bond acceptors (Lipinski definition) is 4. The van der Waals surface area contributed by atoms with Gasteiger partial charge in [-0.3, -0.25) is 9.78 Å². The van der Waals surface area contributed by atoms with Crippen molar-refractivity contribution in [3.63, 3.8) is 0 Å². The van der Waals surface area contributed by atoms with Gasteiger partial charge < -0.3 is 14.7 Å². The first-order valence-electron chi connectivity index (χ1n) is 8.55. The van der Waals surface area contributed by atoms with E-state index >= 15 is 0 Å². The third kappa shape index (κ3) is 3.91. The van der Waals surface area contributed by atoms with Crippen LogP contribution in [0.3, 0.4) is 0 Å². The summed E-state index contributed by atoms with van der Waals surface area (Å²) in [5.41, 5.74) is 1.92. The van der Waals surface area contributed by atoms with E-state index in [1.165, 1.54) is 0 Å². The Labute approximate surface area is 142 Å². The topological polar surface area (TPSA) is 62.7 Å². The predicted octanol–water partition coefficient (Wildman–Crippen LogP) is 2.02. The summed E-state index contributed by atoms with van der Waals surface area (Å²) in [4.78, 5) is 18.6.